The maximum atomic E-state index is 5.89. The number of para-hydroxylation sites is 1. The first-order chi connectivity index (χ1) is 12.7. The number of aromatic nitrogens is 1. The molecule has 0 aliphatic carbocycles. The summed E-state index contributed by atoms with van der Waals surface area (Å²) in [6, 6.07) is 15.3. The van der Waals surface area contributed by atoms with Crippen molar-refractivity contribution >= 4 is 34.4 Å². The van der Waals surface area contributed by atoms with Gasteiger partial charge < -0.3 is 14.8 Å². The number of benzene rings is 1. The molecule has 3 nitrogen and oxygen atoms in total. The minimum atomic E-state index is 0.174. The van der Waals surface area contributed by atoms with Crippen LogP contribution in [-0.2, 0) is 13.0 Å². The molecule has 5 heteroatoms. The summed E-state index contributed by atoms with van der Waals surface area (Å²) in [5.74, 6) is 0. The van der Waals surface area contributed by atoms with Crippen molar-refractivity contribution in [3.8, 4) is 0 Å². The Morgan fingerprint density at radius 2 is 2.08 bits per heavy atom. The van der Waals surface area contributed by atoms with Gasteiger partial charge in [-0.2, -0.15) is 0 Å². The van der Waals surface area contributed by atoms with Crippen LogP contribution in [0.25, 0.3) is 0 Å². The van der Waals surface area contributed by atoms with Gasteiger partial charge in [-0.3, -0.25) is 0 Å². The van der Waals surface area contributed by atoms with Crippen molar-refractivity contribution in [3.63, 3.8) is 0 Å². The van der Waals surface area contributed by atoms with Crippen LogP contribution in [-0.4, -0.2) is 21.1 Å². The molecule has 1 N–H and O–H groups in total. The van der Waals surface area contributed by atoms with Crippen molar-refractivity contribution in [2.24, 2.45) is 0 Å². The second kappa shape index (κ2) is 7.25. The Labute approximate surface area is 164 Å². The number of fused-ring (bicyclic) bond motifs is 1. The third kappa shape index (κ3) is 3.06. The Bertz CT molecular complexity index is 911. The Hall–Kier alpha value is -2.11. The second-order valence-corrected chi connectivity index (χ2v) is 8.00. The van der Waals surface area contributed by atoms with Gasteiger partial charge in [-0.25, -0.2) is 0 Å². The zero-order valence-electron chi connectivity index (χ0n) is 15.1. The first-order valence-electron chi connectivity index (χ1n) is 9.03. The number of hydrogen-bond donors (Lipinski definition) is 1. The molecule has 0 radical (unpaired) electrons. The first-order valence-corrected chi connectivity index (χ1v) is 10.3. The average Bonchev–Trinajstić information content (AvgIpc) is 3.33. The highest BCUT2D eigenvalue weighted by molar-refractivity contribution is 7.80. The van der Waals surface area contributed by atoms with E-state index in [9.17, 15) is 0 Å². The molecule has 0 bridgehead atoms. The van der Waals surface area contributed by atoms with Crippen molar-refractivity contribution in [1.82, 2.24) is 9.47 Å². The molecule has 1 aliphatic heterocycles. The number of rotatable bonds is 3. The van der Waals surface area contributed by atoms with Crippen LogP contribution >= 0.6 is 23.6 Å². The number of nitrogens with zero attached hydrogens (tertiary/aromatic N) is 2. The van der Waals surface area contributed by atoms with Gasteiger partial charge in [0.05, 0.1) is 0 Å². The topological polar surface area (TPSA) is 20.2 Å². The lowest BCUT2D eigenvalue weighted by Crippen LogP contribution is -2.44. The normalized spacial score (nSPS) is 16.4. The number of hydrogen-bond acceptors (Lipinski definition) is 2. The van der Waals surface area contributed by atoms with Crippen LogP contribution in [0, 0.1) is 6.92 Å². The summed E-state index contributed by atoms with van der Waals surface area (Å²) in [5.41, 5.74) is 5.01. The Morgan fingerprint density at radius 1 is 1.19 bits per heavy atom. The lowest BCUT2D eigenvalue weighted by Gasteiger charge is -2.38. The van der Waals surface area contributed by atoms with Gasteiger partial charge in [0.25, 0.3) is 0 Å². The molecule has 1 aliphatic rings. The van der Waals surface area contributed by atoms with Gasteiger partial charge in [0.2, 0.25) is 0 Å². The van der Waals surface area contributed by atoms with Gasteiger partial charge in [-0.1, -0.05) is 31.2 Å². The molecule has 1 atom stereocenters. The minimum Gasteiger partial charge on any atom is -0.347 e. The van der Waals surface area contributed by atoms with Crippen molar-refractivity contribution in [3.05, 3.63) is 75.7 Å². The number of anilines is 1. The smallest absolute Gasteiger partial charge is 0.174 e. The molecular formula is C21H23N3S2. The van der Waals surface area contributed by atoms with Gasteiger partial charge in [0.1, 0.15) is 6.04 Å². The SMILES string of the molecule is CCc1cccc(C)c1NC(=S)N1CCn2cccc2C1c1cccs1. The lowest BCUT2D eigenvalue weighted by atomic mass is 10.1. The van der Waals surface area contributed by atoms with Crippen LogP contribution in [0.4, 0.5) is 5.69 Å². The molecule has 4 rings (SSSR count). The van der Waals surface area contributed by atoms with Crippen LogP contribution in [0.5, 0.6) is 0 Å². The monoisotopic (exact) mass is 381 g/mol. The molecule has 26 heavy (non-hydrogen) atoms. The van der Waals surface area contributed by atoms with Crippen LogP contribution in [0.2, 0.25) is 0 Å². The fourth-order valence-electron chi connectivity index (χ4n) is 3.73. The molecule has 1 aromatic carbocycles. The third-order valence-electron chi connectivity index (χ3n) is 5.08. The van der Waals surface area contributed by atoms with E-state index in [1.54, 1.807) is 11.3 Å². The lowest BCUT2D eigenvalue weighted by molar-refractivity contribution is 0.297. The summed E-state index contributed by atoms with van der Waals surface area (Å²) in [4.78, 5) is 3.66. The molecule has 1 unspecified atom stereocenters. The van der Waals surface area contributed by atoms with Gasteiger partial charge >= 0.3 is 0 Å². The molecular weight excluding hydrogens is 358 g/mol. The van der Waals surface area contributed by atoms with E-state index in [1.807, 2.05) is 0 Å². The fraction of sp³-hybridized carbons (Fsp3) is 0.286. The molecule has 3 aromatic rings. The molecule has 2 aromatic heterocycles. The molecule has 134 valence electrons. The summed E-state index contributed by atoms with van der Waals surface area (Å²) in [6.45, 7) is 6.19. The zero-order chi connectivity index (χ0) is 18.1. The maximum Gasteiger partial charge on any atom is 0.174 e. The summed E-state index contributed by atoms with van der Waals surface area (Å²) < 4.78 is 2.34. The number of thiophene rings is 1. The highest BCUT2D eigenvalue weighted by atomic mass is 32.1. The van der Waals surface area contributed by atoms with E-state index < -0.39 is 0 Å². The van der Waals surface area contributed by atoms with Crippen LogP contribution in [0.3, 0.4) is 0 Å². The summed E-state index contributed by atoms with van der Waals surface area (Å²) in [5, 5.41) is 6.51. The number of aryl methyl sites for hydroxylation is 2. The predicted octanol–water partition coefficient (Wildman–Crippen LogP) is 5.22. The highest BCUT2D eigenvalue weighted by Crippen LogP contribution is 2.35. The van der Waals surface area contributed by atoms with E-state index in [4.69, 9.17) is 12.2 Å². The van der Waals surface area contributed by atoms with Crippen LogP contribution in [0.1, 0.15) is 34.7 Å². The Kier molecular flexibility index (Phi) is 4.83. The van der Waals surface area contributed by atoms with E-state index >= 15 is 0 Å². The van der Waals surface area contributed by atoms with Gasteiger partial charge in [0, 0.05) is 35.5 Å². The Morgan fingerprint density at radius 3 is 2.85 bits per heavy atom. The summed E-state index contributed by atoms with van der Waals surface area (Å²) >= 11 is 7.68. The largest absolute Gasteiger partial charge is 0.347 e. The predicted molar refractivity (Wildman–Crippen MR) is 114 cm³/mol. The summed E-state index contributed by atoms with van der Waals surface area (Å²) in [6.07, 6.45) is 3.16. The quantitative estimate of drug-likeness (QED) is 0.628. The fourth-order valence-corrected chi connectivity index (χ4v) is 4.88. The molecule has 0 spiro atoms. The van der Waals surface area contributed by atoms with Crippen molar-refractivity contribution in [1.29, 1.82) is 0 Å². The molecule has 3 heterocycles. The van der Waals surface area contributed by atoms with Crippen LogP contribution < -0.4 is 5.32 Å². The van der Waals surface area contributed by atoms with E-state index in [0.29, 0.717) is 0 Å². The van der Waals surface area contributed by atoms with E-state index in [2.05, 4.69) is 82.7 Å². The van der Waals surface area contributed by atoms with Crippen molar-refractivity contribution in [2.75, 3.05) is 11.9 Å². The molecule has 0 amide bonds. The van der Waals surface area contributed by atoms with E-state index in [-0.39, 0.29) is 6.04 Å². The molecule has 0 fully saturated rings. The Balaban J connectivity index is 1.67. The van der Waals surface area contributed by atoms with Crippen LogP contribution in [0.15, 0.2) is 54.0 Å². The van der Waals surface area contributed by atoms with Crippen molar-refractivity contribution in [2.45, 2.75) is 32.9 Å². The summed E-state index contributed by atoms with van der Waals surface area (Å²) in [7, 11) is 0. The standard InChI is InChI=1S/C21H23N3S2/c1-3-16-8-4-7-15(2)19(16)22-21(25)24-13-12-23-11-5-9-17(23)20(24)18-10-6-14-26-18/h4-11,14,20H,3,12-13H2,1-2H3,(H,22,25). The second-order valence-electron chi connectivity index (χ2n) is 6.63. The van der Waals surface area contributed by atoms with E-state index in [1.165, 1.54) is 21.7 Å². The zero-order valence-corrected chi connectivity index (χ0v) is 16.7. The molecule has 0 saturated carbocycles. The van der Waals surface area contributed by atoms with Crippen molar-refractivity contribution < 1.29 is 0 Å². The van der Waals surface area contributed by atoms with E-state index in [0.717, 1.165) is 30.3 Å². The van der Waals surface area contributed by atoms with Gasteiger partial charge in [0.15, 0.2) is 5.11 Å². The maximum absolute atomic E-state index is 5.89. The third-order valence-corrected chi connectivity index (χ3v) is 6.35. The number of thiocarbonyl (C=S) groups is 1. The van der Waals surface area contributed by atoms with Gasteiger partial charge in [-0.05, 0) is 60.3 Å². The minimum absolute atomic E-state index is 0.174. The first kappa shape index (κ1) is 17.3. The number of nitrogens with one attached hydrogen (secondary N) is 1. The molecule has 0 saturated heterocycles. The van der Waals surface area contributed by atoms with Gasteiger partial charge in [-0.15, -0.1) is 11.3 Å². The highest BCUT2D eigenvalue weighted by Gasteiger charge is 2.31. The average molecular weight is 382 g/mol.